The van der Waals surface area contributed by atoms with Crippen LogP contribution in [0.15, 0.2) is 42.7 Å². The van der Waals surface area contributed by atoms with Crippen molar-refractivity contribution in [2.24, 2.45) is 5.73 Å². The number of hydrogen-bond donors (Lipinski definition) is 2. The van der Waals surface area contributed by atoms with Crippen LogP contribution in [0.1, 0.15) is 25.5 Å². The second-order valence-corrected chi connectivity index (χ2v) is 4.48. The Balaban J connectivity index is 2.44. The molecular formula is C15H19N5. The normalized spacial score (nSPS) is 10.2. The van der Waals surface area contributed by atoms with E-state index in [0.717, 1.165) is 25.1 Å². The number of nitrogens with zero attached hydrogens (tertiary/aromatic N) is 3. The SMILES string of the molecule is CCCCN(c1ccccc1)c1nccnc1C(=N)N. The summed E-state index contributed by atoms with van der Waals surface area (Å²) in [7, 11) is 0. The lowest BCUT2D eigenvalue weighted by molar-refractivity contribution is 0.777. The maximum absolute atomic E-state index is 7.66. The highest BCUT2D eigenvalue weighted by atomic mass is 15.2. The average Bonchev–Trinajstić information content (AvgIpc) is 2.49. The summed E-state index contributed by atoms with van der Waals surface area (Å²) in [6.45, 7) is 2.96. The zero-order valence-electron chi connectivity index (χ0n) is 11.6. The molecule has 5 nitrogen and oxygen atoms in total. The van der Waals surface area contributed by atoms with Gasteiger partial charge < -0.3 is 10.6 Å². The van der Waals surface area contributed by atoms with Crippen LogP contribution in [0.4, 0.5) is 11.5 Å². The van der Waals surface area contributed by atoms with Crippen LogP contribution < -0.4 is 10.6 Å². The van der Waals surface area contributed by atoms with E-state index in [1.54, 1.807) is 12.4 Å². The van der Waals surface area contributed by atoms with Crippen LogP contribution in [-0.4, -0.2) is 22.3 Å². The van der Waals surface area contributed by atoms with Crippen LogP contribution >= 0.6 is 0 Å². The fourth-order valence-electron chi connectivity index (χ4n) is 2.00. The lowest BCUT2D eigenvalue weighted by Crippen LogP contribution is -2.25. The summed E-state index contributed by atoms with van der Waals surface area (Å²) in [6, 6.07) is 9.99. The summed E-state index contributed by atoms with van der Waals surface area (Å²) < 4.78 is 0. The number of anilines is 2. The molecule has 0 aliphatic carbocycles. The predicted octanol–water partition coefficient (Wildman–Crippen LogP) is 2.70. The van der Waals surface area contributed by atoms with E-state index in [9.17, 15) is 0 Å². The van der Waals surface area contributed by atoms with Gasteiger partial charge in [0.05, 0.1) is 0 Å². The van der Waals surface area contributed by atoms with E-state index in [2.05, 4.69) is 21.8 Å². The van der Waals surface area contributed by atoms with Crippen molar-refractivity contribution in [1.82, 2.24) is 9.97 Å². The zero-order chi connectivity index (χ0) is 14.4. The first-order valence-electron chi connectivity index (χ1n) is 6.72. The molecule has 0 saturated carbocycles. The number of aromatic nitrogens is 2. The number of benzene rings is 1. The number of nitrogens with one attached hydrogen (secondary N) is 1. The van der Waals surface area contributed by atoms with Gasteiger partial charge in [0.25, 0.3) is 0 Å². The number of para-hydroxylation sites is 1. The van der Waals surface area contributed by atoms with Crippen LogP contribution in [0.2, 0.25) is 0 Å². The molecule has 0 aliphatic rings. The van der Waals surface area contributed by atoms with E-state index >= 15 is 0 Å². The van der Waals surface area contributed by atoms with Gasteiger partial charge in [-0.05, 0) is 18.6 Å². The molecule has 2 aromatic rings. The van der Waals surface area contributed by atoms with Crippen molar-refractivity contribution in [2.45, 2.75) is 19.8 Å². The largest absolute Gasteiger partial charge is 0.382 e. The smallest absolute Gasteiger partial charge is 0.162 e. The number of rotatable bonds is 6. The van der Waals surface area contributed by atoms with Crippen molar-refractivity contribution in [3.05, 3.63) is 48.4 Å². The minimum Gasteiger partial charge on any atom is -0.382 e. The van der Waals surface area contributed by atoms with E-state index in [4.69, 9.17) is 11.1 Å². The minimum atomic E-state index is -0.0643. The molecule has 1 aromatic heterocycles. The van der Waals surface area contributed by atoms with Gasteiger partial charge >= 0.3 is 0 Å². The number of nitrogen functional groups attached to an aromatic ring is 1. The van der Waals surface area contributed by atoms with Gasteiger partial charge in [0.2, 0.25) is 0 Å². The standard InChI is InChI=1S/C15H19N5/c1-2-3-11-20(12-7-5-4-6-8-12)15-13(14(16)17)18-9-10-19-15/h4-10H,2-3,11H2,1H3,(H3,16,17). The van der Waals surface area contributed by atoms with Gasteiger partial charge in [-0.1, -0.05) is 31.5 Å². The molecule has 104 valence electrons. The van der Waals surface area contributed by atoms with Crippen LogP contribution in [0, 0.1) is 5.41 Å². The number of unbranched alkanes of at least 4 members (excludes halogenated alkanes) is 1. The monoisotopic (exact) mass is 269 g/mol. The van der Waals surface area contributed by atoms with Crippen LogP contribution in [-0.2, 0) is 0 Å². The van der Waals surface area contributed by atoms with Crippen LogP contribution in [0.3, 0.4) is 0 Å². The summed E-state index contributed by atoms with van der Waals surface area (Å²) in [5.41, 5.74) is 7.07. The van der Waals surface area contributed by atoms with Gasteiger partial charge in [0, 0.05) is 24.6 Å². The molecule has 2 rings (SSSR count). The van der Waals surface area contributed by atoms with Gasteiger partial charge in [-0.2, -0.15) is 0 Å². The van der Waals surface area contributed by atoms with Gasteiger partial charge in [0.1, 0.15) is 11.5 Å². The Bertz CT molecular complexity index is 567. The fourth-order valence-corrected chi connectivity index (χ4v) is 2.00. The molecule has 0 bridgehead atoms. The molecule has 0 amide bonds. The van der Waals surface area contributed by atoms with E-state index < -0.39 is 0 Å². The van der Waals surface area contributed by atoms with Gasteiger partial charge in [-0.3, -0.25) is 5.41 Å². The number of amidine groups is 1. The summed E-state index contributed by atoms with van der Waals surface area (Å²) in [5, 5.41) is 7.66. The van der Waals surface area contributed by atoms with Crippen molar-refractivity contribution >= 4 is 17.3 Å². The molecular weight excluding hydrogens is 250 g/mol. The van der Waals surface area contributed by atoms with E-state index in [1.807, 2.05) is 30.3 Å². The molecule has 0 spiro atoms. The maximum atomic E-state index is 7.66. The molecule has 1 heterocycles. The molecule has 0 unspecified atom stereocenters. The highest BCUT2D eigenvalue weighted by Crippen LogP contribution is 2.25. The Morgan fingerprint density at radius 1 is 1.20 bits per heavy atom. The molecule has 0 atom stereocenters. The summed E-state index contributed by atoms with van der Waals surface area (Å²) >= 11 is 0. The third kappa shape index (κ3) is 3.12. The molecule has 20 heavy (non-hydrogen) atoms. The van der Waals surface area contributed by atoms with Gasteiger partial charge in [-0.25, -0.2) is 9.97 Å². The van der Waals surface area contributed by atoms with Crippen molar-refractivity contribution < 1.29 is 0 Å². The van der Waals surface area contributed by atoms with Crippen molar-refractivity contribution in [1.29, 1.82) is 5.41 Å². The highest BCUT2D eigenvalue weighted by Gasteiger charge is 2.16. The zero-order valence-corrected chi connectivity index (χ0v) is 11.6. The Hall–Kier alpha value is -2.43. The third-order valence-electron chi connectivity index (χ3n) is 2.99. The van der Waals surface area contributed by atoms with Crippen LogP contribution in [0.5, 0.6) is 0 Å². The Morgan fingerprint density at radius 2 is 1.90 bits per heavy atom. The summed E-state index contributed by atoms with van der Waals surface area (Å²) in [4.78, 5) is 10.6. The number of hydrogen-bond acceptors (Lipinski definition) is 4. The summed E-state index contributed by atoms with van der Waals surface area (Å²) in [6.07, 6.45) is 5.30. The fraction of sp³-hybridized carbons (Fsp3) is 0.267. The Labute approximate surface area is 119 Å². The maximum Gasteiger partial charge on any atom is 0.162 e. The Kier molecular flexibility index (Phi) is 4.65. The quantitative estimate of drug-likeness (QED) is 0.624. The highest BCUT2D eigenvalue weighted by molar-refractivity contribution is 5.98. The second-order valence-electron chi connectivity index (χ2n) is 4.48. The summed E-state index contributed by atoms with van der Waals surface area (Å²) in [5.74, 6) is 0.574. The topological polar surface area (TPSA) is 78.9 Å². The molecule has 5 heteroatoms. The predicted molar refractivity (Wildman–Crippen MR) is 81.4 cm³/mol. The minimum absolute atomic E-state index is 0.0643. The van der Waals surface area contributed by atoms with E-state index in [0.29, 0.717) is 11.5 Å². The molecule has 1 aromatic carbocycles. The first-order chi connectivity index (χ1) is 9.74. The average molecular weight is 269 g/mol. The lowest BCUT2D eigenvalue weighted by atomic mass is 10.2. The molecule has 0 aliphatic heterocycles. The van der Waals surface area contributed by atoms with Crippen molar-refractivity contribution in [3.63, 3.8) is 0 Å². The third-order valence-corrected chi connectivity index (χ3v) is 2.99. The van der Waals surface area contributed by atoms with Gasteiger partial charge in [0.15, 0.2) is 5.82 Å². The Morgan fingerprint density at radius 3 is 2.55 bits per heavy atom. The van der Waals surface area contributed by atoms with Gasteiger partial charge in [-0.15, -0.1) is 0 Å². The first-order valence-corrected chi connectivity index (χ1v) is 6.72. The molecule has 0 saturated heterocycles. The molecule has 3 N–H and O–H groups in total. The molecule has 0 fully saturated rings. The van der Waals surface area contributed by atoms with E-state index in [-0.39, 0.29) is 5.84 Å². The number of nitrogens with two attached hydrogens (primary N) is 1. The van der Waals surface area contributed by atoms with E-state index in [1.165, 1.54) is 0 Å². The molecule has 0 radical (unpaired) electrons. The van der Waals surface area contributed by atoms with Crippen molar-refractivity contribution in [2.75, 3.05) is 11.4 Å². The first kappa shape index (κ1) is 14.0. The second kappa shape index (κ2) is 6.65. The lowest BCUT2D eigenvalue weighted by Gasteiger charge is -2.25. The van der Waals surface area contributed by atoms with Crippen molar-refractivity contribution in [3.8, 4) is 0 Å². The van der Waals surface area contributed by atoms with Crippen LogP contribution in [0.25, 0.3) is 0 Å².